The second-order valence-corrected chi connectivity index (χ2v) is 10.6. The minimum atomic E-state index is 0.285. The summed E-state index contributed by atoms with van der Waals surface area (Å²) in [5.41, 5.74) is 6.16. The zero-order valence-corrected chi connectivity index (χ0v) is 18.2. The maximum absolute atomic E-state index is 4.69. The van der Waals surface area contributed by atoms with E-state index in [1.54, 1.807) is 5.57 Å². The molecular formula is C22H38N4. The summed E-state index contributed by atoms with van der Waals surface area (Å²) in [7, 11) is 0. The molecule has 146 valence electrons. The van der Waals surface area contributed by atoms with Crippen LogP contribution in [0.5, 0.6) is 0 Å². The molecule has 2 atom stereocenters. The number of fused-ring (bicyclic) bond motifs is 1. The summed E-state index contributed by atoms with van der Waals surface area (Å²) in [5.74, 6) is 0.819. The van der Waals surface area contributed by atoms with Crippen LogP contribution in [0.15, 0.2) is 21.3 Å². The molecule has 4 aliphatic rings. The highest BCUT2D eigenvalue weighted by Crippen LogP contribution is 2.33. The molecule has 0 amide bonds. The predicted octanol–water partition coefficient (Wildman–Crippen LogP) is 4.17. The van der Waals surface area contributed by atoms with Crippen molar-refractivity contribution in [2.24, 2.45) is 15.9 Å². The van der Waals surface area contributed by atoms with Crippen LogP contribution in [0.2, 0.25) is 0 Å². The molecule has 4 rings (SSSR count). The molecule has 0 aromatic carbocycles. The van der Waals surface area contributed by atoms with Crippen LogP contribution in [-0.2, 0) is 0 Å². The van der Waals surface area contributed by atoms with Gasteiger partial charge in [0, 0.05) is 61.0 Å². The average Bonchev–Trinajstić information content (AvgIpc) is 3.14. The monoisotopic (exact) mass is 358 g/mol. The number of nitrogens with zero attached hydrogens (tertiary/aromatic N) is 4. The third-order valence-corrected chi connectivity index (χ3v) is 6.17. The Morgan fingerprint density at radius 3 is 2.04 bits per heavy atom. The molecule has 0 saturated carbocycles. The van der Waals surface area contributed by atoms with E-state index in [1.165, 1.54) is 36.6 Å². The van der Waals surface area contributed by atoms with Gasteiger partial charge in [-0.25, -0.2) is 0 Å². The fourth-order valence-corrected chi connectivity index (χ4v) is 4.46. The first-order chi connectivity index (χ1) is 11.9. The van der Waals surface area contributed by atoms with Crippen molar-refractivity contribution in [2.45, 2.75) is 85.4 Å². The first-order valence-electron chi connectivity index (χ1n) is 10.2. The lowest BCUT2D eigenvalue weighted by molar-refractivity contribution is 0.167. The highest BCUT2D eigenvalue weighted by Gasteiger charge is 2.40. The van der Waals surface area contributed by atoms with Gasteiger partial charge in [-0.1, -0.05) is 0 Å². The Morgan fingerprint density at radius 2 is 1.50 bits per heavy atom. The number of hydrogen-bond donors (Lipinski definition) is 0. The molecule has 0 radical (unpaired) electrons. The van der Waals surface area contributed by atoms with Crippen molar-refractivity contribution in [3.8, 4) is 0 Å². The van der Waals surface area contributed by atoms with Crippen molar-refractivity contribution < 1.29 is 0 Å². The third kappa shape index (κ3) is 4.28. The molecular weight excluding hydrogens is 320 g/mol. The Morgan fingerprint density at radius 1 is 0.846 bits per heavy atom. The van der Waals surface area contributed by atoms with Crippen LogP contribution in [0.1, 0.15) is 68.2 Å². The summed E-state index contributed by atoms with van der Waals surface area (Å²) in [5, 5.41) is 0. The molecule has 0 spiro atoms. The van der Waals surface area contributed by atoms with E-state index in [9.17, 15) is 0 Å². The van der Waals surface area contributed by atoms with Crippen LogP contribution >= 0.6 is 0 Å². The third-order valence-electron chi connectivity index (χ3n) is 6.17. The Balaban J connectivity index is 0.000000151. The van der Waals surface area contributed by atoms with E-state index in [1.807, 2.05) is 0 Å². The largest absolute Gasteiger partial charge is 0.296 e. The summed E-state index contributed by atoms with van der Waals surface area (Å²) in [4.78, 5) is 14.3. The van der Waals surface area contributed by atoms with Gasteiger partial charge in [-0.05, 0) is 67.4 Å². The van der Waals surface area contributed by atoms with Gasteiger partial charge in [0.1, 0.15) is 0 Å². The van der Waals surface area contributed by atoms with E-state index in [0.29, 0.717) is 11.6 Å². The van der Waals surface area contributed by atoms with Crippen molar-refractivity contribution in [2.75, 3.05) is 26.2 Å². The molecule has 26 heavy (non-hydrogen) atoms. The van der Waals surface area contributed by atoms with Gasteiger partial charge in [0.2, 0.25) is 0 Å². The zero-order valence-electron chi connectivity index (χ0n) is 18.2. The molecule has 1 saturated heterocycles. The van der Waals surface area contributed by atoms with Crippen LogP contribution in [0.25, 0.3) is 0 Å². The smallest absolute Gasteiger partial charge is 0.0669 e. The van der Waals surface area contributed by atoms with E-state index in [4.69, 9.17) is 0 Å². The zero-order chi connectivity index (χ0) is 19.3. The van der Waals surface area contributed by atoms with Gasteiger partial charge in [-0.3, -0.25) is 19.8 Å². The average molecular weight is 359 g/mol. The molecule has 4 aliphatic heterocycles. The molecule has 0 aromatic rings. The summed E-state index contributed by atoms with van der Waals surface area (Å²) in [6.07, 6.45) is 2.35. The van der Waals surface area contributed by atoms with E-state index < -0.39 is 0 Å². The number of hydrogen-bond acceptors (Lipinski definition) is 4. The topological polar surface area (TPSA) is 31.2 Å². The summed E-state index contributed by atoms with van der Waals surface area (Å²) in [6.45, 7) is 22.6. The van der Waals surface area contributed by atoms with Gasteiger partial charge in [0.25, 0.3) is 0 Å². The Hall–Kier alpha value is -1.00. The van der Waals surface area contributed by atoms with Crippen molar-refractivity contribution in [3.63, 3.8) is 0 Å². The molecule has 4 heterocycles. The maximum atomic E-state index is 4.69. The Kier molecular flexibility index (Phi) is 5.22. The molecule has 0 N–H and O–H groups in total. The van der Waals surface area contributed by atoms with Crippen LogP contribution in [0, 0.1) is 5.92 Å². The lowest BCUT2D eigenvalue weighted by atomic mass is 10.0. The van der Waals surface area contributed by atoms with Gasteiger partial charge in [-0.2, -0.15) is 0 Å². The Bertz CT molecular complexity index is 630. The SMILES string of the molecule is CC1=NC2=C(C1)CN(C(C)(C)C)C2.CC1=NC2CN(C(C)(C)C)CC2C1. The molecule has 4 nitrogen and oxygen atoms in total. The van der Waals surface area contributed by atoms with Crippen LogP contribution in [0.4, 0.5) is 0 Å². The standard InChI is InChI=1S/C11H20N2.C11H18N2/c2*1-8-5-9-6-13(11(2,3)4)7-10(9)12-8/h9-10H,5-7H2,1-4H3;5-7H2,1-4H3. The molecule has 0 bridgehead atoms. The highest BCUT2D eigenvalue weighted by molar-refractivity contribution is 5.88. The molecule has 2 unspecified atom stereocenters. The second kappa shape index (κ2) is 6.87. The summed E-state index contributed by atoms with van der Waals surface area (Å²) < 4.78 is 0. The first-order valence-corrected chi connectivity index (χ1v) is 10.2. The number of rotatable bonds is 0. The lowest BCUT2D eigenvalue weighted by Crippen LogP contribution is -2.40. The van der Waals surface area contributed by atoms with Crippen LogP contribution in [-0.4, -0.2) is 64.5 Å². The predicted molar refractivity (Wildman–Crippen MR) is 112 cm³/mol. The van der Waals surface area contributed by atoms with E-state index in [0.717, 1.165) is 25.4 Å². The Labute approximate surface area is 160 Å². The maximum Gasteiger partial charge on any atom is 0.0669 e. The van der Waals surface area contributed by atoms with E-state index in [2.05, 4.69) is 75.2 Å². The highest BCUT2D eigenvalue weighted by atomic mass is 15.2. The summed E-state index contributed by atoms with van der Waals surface area (Å²) in [6, 6.07) is 0.610. The second-order valence-electron chi connectivity index (χ2n) is 10.6. The van der Waals surface area contributed by atoms with Gasteiger partial charge in [-0.15, -0.1) is 0 Å². The quantitative estimate of drug-likeness (QED) is 0.651. The van der Waals surface area contributed by atoms with E-state index >= 15 is 0 Å². The van der Waals surface area contributed by atoms with Crippen molar-refractivity contribution in [1.82, 2.24) is 9.80 Å². The van der Waals surface area contributed by atoms with Crippen LogP contribution < -0.4 is 0 Å². The van der Waals surface area contributed by atoms with Crippen LogP contribution in [0.3, 0.4) is 0 Å². The summed E-state index contributed by atoms with van der Waals surface area (Å²) >= 11 is 0. The molecule has 0 aromatic heterocycles. The van der Waals surface area contributed by atoms with Gasteiger partial charge >= 0.3 is 0 Å². The van der Waals surface area contributed by atoms with Crippen molar-refractivity contribution >= 4 is 11.4 Å². The molecule has 4 heteroatoms. The first kappa shape index (κ1) is 19.8. The fraction of sp³-hybridized carbons (Fsp3) is 0.818. The minimum absolute atomic E-state index is 0.285. The molecule has 1 fully saturated rings. The van der Waals surface area contributed by atoms with Gasteiger partial charge < -0.3 is 0 Å². The van der Waals surface area contributed by atoms with Crippen molar-refractivity contribution in [1.29, 1.82) is 0 Å². The van der Waals surface area contributed by atoms with Gasteiger partial charge in [0.15, 0.2) is 0 Å². The normalized spacial score (nSPS) is 29.4. The molecule has 0 aliphatic carbocycles. The number of aliphatic imine (C=N–C) groups is 2. The lowest BCUT2D eigenvalue weighted by Gasteiger charge is -2.32. The van der Waals surface area contributed by atoms with Gasteiger partial charge in [0.05, 0.1) is 11.7 Å². The number of likely N-dealkylation sites (tertiary alicyclic amines) is 1. The minimum Gasteiger partial charge on any atom is -0.296 e. The van der Waals surface area contributed by atoms with E-state index in [-0.39, 0.29) is 5.54 Å². The van der Waals surface area contributed by atoms with Crippen molar-refractivity contribution in [3.05, 3.63) is 11.3 Å². The fourth-order valence-electron chi connectivity index (χ4n) is 4.46.